The van der Waals surface area contributed by atoms with Crippen LogP contribution in [0.15, 0.2) is 36.5 Å². The molecule has 32 heavy (non-hydrogen) atoms. The molecular weight excluding hydrogens is 440 g/mol. The van der Waals surface area contributed by atoms with Gasteiger partial charge < -0.3 is 10.2 Å². The van der Waals surface area contributed by atoms with Crippen molar-refractivity contribution in [1.29, 1.82) is 0 Å². The summed E-state index contributed by atoms with van der Waals surface area (Å²) in [6, 6.07) is 10.9. The fourth-order valence-corrected chi connectivity index (χ4v) is 6.10. The molecule has 1 aromatic carbocycles. The average molecular weight is 471 g/mol. The molecule has 0 spiro atoms. The van der Waals surface area contributed by atoms with Crippen molar-refractivity contribution in [3.05, 3.63) is 36.5 Å². The fourth-order valence-electron chi connectivity index (χ4n) is 5.12. The number of anilines is 1. The third-order valence-electron chi connectivity index (χ3n) is 6.18. The van der Waals surface area contributed by atoms with Crippen molar-refractivity contribution in [1.82, 2.24) is 25.1 Å². The second-order valence-electron chi connectivity index (χ2n) is 10.2. The van der Waals surface area contributed by atoms with E-state index in [-0.39, 0.29) is 23.5 Å². The van der Waals surface area contributed by atoms with E-state index < -0.39 is 0 Å². The number of hydrogen-bond acceptors (Lipinski definition) is 6. The van der Waals surface area contributed by atoms with Gasteiger partial charge in [-0.3, -0.25) is 4.68 Å². The van der Waals surface area contributed by atoms with Crippen LogP contribution in [0, 0.1) is 0 Å². The Balaban J connectivity index is 0.00000245. The standard InChI is InChI=1S/C24H30N6S.ClH/c1-23(2)12-17(13-24(3,4)28-23)30(6)22-26-20-10-9-18(25-21(20)31-22)15-7-8-19-16(11-15)14-29(5)27-19;/h7-11,14,17,28H,12-13H2,1-6H3;1H. The number of fused-ring (bicyclic) bond motifs is 2. The maximum atomic E-state index is 4.95. The van der Waals surface area contributed by atoms with Crippen LogP contribution in [0.5, 0.6) is 0 Å². The van der Waals surface area contributed by atoms with E-state index in [1.165, 1.54) is 0 Å². The second kappa shape index (κ2) is 7.97. The Hall–Kier alpha value is -2.22. The fraction of sp³-hybridized carbons (Fsp3) is 0.458. The predicted octanol–water partition coefficient (Wildman–Crippen LogP) is 5.41. The number of nitrogens with zero attached hydrogens (tertiary/aromatic N) is 5. The molecule has 0 radical (unpaired) electrons. The van der Waals surface area contributed by atoms with Gasteiger partial charge >= 0.3 is 0 Å². The number of benzene rings is 1. The first-order chi connectivity index (χ1) is 14.6. The van der Waals surface area contributed by atoms with Gasteiger partial charge in [-0.25, -0.2) is 9.97 Å². The lowest BCUT2D eigenvalue weighted by molar-refractivity contribution is 0.161. The van der Waals surface area contributed by atoms with E-state index in [0.29, 0.717) is 6.04 Å². The highest BCUT2D eigenvalue weighted by molar-refractivity contribution is 7.21. The molecule has 170 valence electrons. The van der Waals surface area contributed by atoms with Gasteiger partial charge in [-0.15, -0.1) is 12.4 Å². The molecule has 0 unspecified atom stereocenters. The molecule has 4 heterocycles. The molecular formula is C24H31ClN6S. The lowest BCUT2D eigenvalue weighted by Gasteiger charge is -2.48. The van der Waals surface area contributed by atoms with Crippen molar-refractivity contribution in [2.45, 2.75) is 57.7 Å². The molecule has 1 aliphatic rings. The monoisotopic (exact) mass is 470 g/mol. The highest BCUT2D eigenvalue weighted by Gasteiger charge is 2.39. The SMILES string of the molecule is CN(c1nc2ccc(-c3ccc4nn(C)cc4c3)nc2s1)C1CC(C)(C)NC(C)(C)C1.Cl. The van der Waals surface area contributed by atoms with Crippen LogP contribution in [0.25, 0.3) is 32.5 Å². The number of rotatable bonds is 3. The first-order valence-electron chi connectivity index (χ1n) is 10.8. The van der Waals surface area contributed by atoms with Crippen LogP contribution in [-0.2, 0) is 7.05 Å². The second-order valence-corrected chi connectivity index (χ2v) is 11.1. The van der Waals surface area contributed by atoms with Gasteiger partial charge in [0.1, 0.15) is 10.3 Å². The summed E-state index contributed by atoms with van der Waals surface area (Å²) in [6.07, 6.45) is 4.22. The van der Waals surface area contributed by atoms with Crippen molar-refractivity contribution in [3.63, 3.8) is 0 Å². The van der Waals surface area contributed by atoms with Gasteiger partial charge in [-0.2, -0.15) is 5.10 Å². The summed E-state index contributed by atoms with van der Waals surface area (Å²) < 4.78 is 1.85. The molecule has 5 rings (SSSR count). The first kappa shape index (κ1) is 23.0. The van der Waals surface area contributed by atoms with E-state index >= 15 is 0 Å². The number of halogens is 1. The number of thiazole rings is 1. The van der Waals surface area contributed by atoms with E-state index in [2.05, 4.69) is 80.4 Å². The Morgan fingerprint density at radius 3 is 2.44 bits per heavy atom. The summed E-state index contributed by atoms with van der Waals surface area (Å²) in [5.74, 6) is 0. The predicted molar refractivity (Wildman–Crippen MR) is 137 cm³/mol. The highest BCUT2D eigenvalue weighted by atomic mass is 35.5. The summed E-state index contributed by atoms with van der Waals surface area (Å²) in [7, 11) is 4.13. The minimum atomic E-state index is 0. The molecule has 0 bridgehead atoms. The molecule has 1 aliphatic heterocycles. The number of nitrogens with one attached hydrogen (secondary N) is 1. The Morgan fingerprint density at radius 1 is 1.03 bits per heavy atom. The summed E-state index contributed by atoms with van der Waals surface area (Å²) in [5.41, 5.74) is 4.25. The maximum absolute atomic E-state index is 4.95. The number of aromatic nitrogens is 4. The van der Waals surface area contributed by atoms with Gasteiger partial charge in [-0.05, 0) is 64.8 Å². The molecule has 0 atom stereocenters. The average Bonchev–Trinajstić information content (AvgIpc) is 3.25. The highest BCUT2D eigenvalue weighted by Crippen LogP contribution is 2.36. The Labute approximate surface area is 199 Å². The van der Waals surface area contributed by atoms with Gasteiger partial charge in [0.2, 0.25) is 0 Å². The number of piperidine rings is 1. The maximum Gasteiger partial charge on any atom is 0.187 e. The molecule has 1 saturated heterocycles. The van der Waals surface area contributed by atoms with Crippen LogP contribution in [-0.4, -0.2) is 43.9 Å². The Bertz CT molecular complexity index is 1260. The van der Waals surface area contributed by atoms with Crippen LogP contribution in [0.3, 0.4) is 0 Å². The summed E-state index contributed by atoms with van der Waals surface area (Å²) in [5, 5.41) is 10.4. The topological polar surface area (TPSA) is 58.9 Å². The lowest BCUT2D eigenvalue weighted by atomic mass is 9.79. The van der Waals surface area contributed by atoms with Crippen LogP contribution < -0.4 is 10.2 Å². The summed E-state index contributed by atoms with van der Waals surface area (Å²) in [4.78, 5) is 13.2. The third-order valence-corrected chi connectivity index (χ3v) is 7.23. The molecule has 0 aliphatic carbocycles. The quantitative estimate of drug-likeness (QED) is 0.433. The first-order valence-corrected chi connectivity index (χ1v) is 11.6. The normalized spacial score (nSPS) is 18.1. The summed E-state index contributed by atoms with van der Waals surface area (Å²) >= 11 is 1.68. The minimum Gasteiger partial charge on any atom is -0.348 e. The summed E-state index contributed by atoms with van der Waals surface area (Å²) in [6.45, 7) is 9.17. The third kappa shape index (κ3) is 4.34. The van der Waals surface area contributed by atoms with Gasteiger partial charge in [0, 0.05) is 48.4 Å². The zero-order valence-corrected chi connectivity index (χ0v) is 21.1. The Morgan fingerprint density at radius 2 is 1.72 bits per heavy atom. The largest absolute Gasteiger partial charge is 0.348 e. The van der Waals surface area contributed by atoms with Gasteiger partial charge in [-0.1, -0.05) is 17.4 Å². The van der Waals surface area contributed by atoms with Crippen LogP contribution >= 0.6 is 23.7 Å². The minimum absolute atomic E-state index is 0. The van der Waals surface area contributed by atoms with Gasteiger partial charge in [0.05, 0.1) is 11.2 Å². The molecule has 8 heteroatoms. The molecule has 6 nitrogen and oxygen atoms in total. The van der Waals surface area contributed by atoms with Crippen LogP contribution in [0.1, 0.15) is 40.5 Å². The van der Waals surface area contributed by atoms with Gasteiger partial charge in [0.25, 0.3) is 0 Å². The van der Waals surface area contributed by atoms with Crippen molar-refractivity contribution in [2.24, 2.45) is 7.05 Å². The van der Waals surface area contributed by atoms with Crippen molar-refractivity contribution >= 4 is 50.1 Å². The van der Waals surface area contributed by atoms with E-state index in [1.807, 2.05) is 17.9 Å². The zero-order valence-electron chi connectivity index (χ0n) is 19.5. The number of pyridine rings is 1. The van der Waals surface area contributed by atoms with E-state index in [9.17, 15) is 0 Å². The van der Waals surface area contributed by atoms with Gasteiger partial charge in [0.15, 0.2) is 5.13 Å². The molecule has 1 fully saturated rings. The van der Waals surface area contributed by atoms with Crippen LogP contribution in [0.4, 0.5) is 5.13 Å². The van der Waals surface area contributed by atoms with Crippen molar-refractivity contribution < 1.29 is 0 Å². The molecule has 1 N–H and O–H groups in total. The Kier molecular flexibility index (Phi) is 5.72. The molecule has 0 amide bonds. The molecule has 3 aromatic heterocycles. The molecule has 4 aromatic rings. The van der Waals surface area contributed by atoms with Crippen LogP contribution in [0.2, 0.25) is 0 Å². The smallest absolute Gasteiger partial charge is 0.187 e. The van der Waals surface area contributed by atoms with E-state index in [1.54, 1.807) is 11.3 Å². The van der Waals surface area contributed by atoms with E-state index in [4.69, 9.17) is 9.97 Å². The van der Waals surface area contributed by atoms with E-state index in [0.717, 1.165) is 50.5 Å². The van der Waals surface area contributed by atoms with Crippen molar-refractivity contribution in [3.8, 4) is 11.3 Å². The lowest BCUT2D eigenvalue weighted by Crippen LogP contribution is -2.61. The van der Waals surface area contributed by atoms with Crippen molar-refractivity contribution in [2.75, 3.05) is 11.9 Å². The number of aryl methyl sites for hydroxylation is 1. The zero-order chi connectivity index (χ0) is 22.0. The molecule has 0 saturated carbocycles. The number of hydrogen-bond donors (Lipinski definition) is 1.